The van der Waals surface area contributed by atoms with Crippen LogP contribution in [0.25, 0.3) is 0 Å². The van der Waals surface area contributed by atoms with Gasteiger partial charge in [0.05, 0.1) is 0 Å². The van der Waals surface area contributed by atoms with Crippen molar-refractivity contribution in [1.29, 1.82) is 0 Å². The molecule has 0 saturated carbocycles. The van der Waals surface area contributed by atoms with Gasteiger partial charge in [0, 0.05) is 25.6 Å². The van der Waals surface area contributed by atoms with Crippen LogP contribution >= 0.6 is 0 Å². The molecule has 0 aliphatic carbocycles. The zero-order valence-electron chi connectivity index (χ0n) is 11.2. The van der Waals surface area contributed by atoms with Crippen molar-refractivity contribution in [2.75, 3.05) is 13.6 Å². The monoisotopic (exact) mass is 252 g/mol. The Bertz CT molecular complexity index is 393. The van der Waals surface area contributed by atoms with Crippen LogP contribution in [0.15, 0.2) is 24.3 Å². The Morgan fingerprint density at radius 3 is 2.72 bits per heavy atom. The summed E-state index contributed by atoms with van der Waals surface area (Å²) in [4.78, 5) is 13.8. The number of hydrogen-bond donors (Lipinski definition) is 1. The maximum Gasteiger partial charge on any atom is 0.224 e. The van der Waals surface area contributed by atoms with Crippen molar-refractivity contribution in [2.24, 2.45) is 0 Å². The second-order valence-electron chi connectivity index (χ2n) is 4.60. The minimum Gasteiger partial charge on any atom is -0.336 e. The van der Waals surface area contributed by atoms with Crippen LogP contribution in [0.3, 0.4) is 0 Å². The molecule has 0 radical (unpaired) electrons. The van der Waals surface area contributed by atoms with Crippen LogP contribution < -0.4 is 5.32 Å². The summed E-state index contributed by atoms with van der Waals surface area (Å²) in [5.41, 5.74) is 0.821. The molecule has 4 heteroatoms. The van der Waals surface area contributed by atoms with Crippen LogP contribution in [0.4, 0.5) is 4.39 Å². The minimum absolute atomic E-state index is 0.0867. The molecule has 100 valence electrons. The van der Waals surface area contributed by atoms with Gasteiger partial charge in [-0.25, -0.2) is 4.39 Å². The lowest BCUT2D eigenvalue weighted by molar-refractivity contribution is -0.133. The fourth-order valence-corrected chi connectivity index (χ4v) is 1.77. The Kier molecular flexibility index (Phi) is 5.78. The first-order valence-electron chi connectivity index (χ1n) is 6.23. The molecule has 0 aliphatic rings. The van der Waals surface area contributed by atoms with E-state index in [9.17, 15) is 9.18 Å². The highest BCUT2D eigenvalue weighted by Crippen LogP contribution is 2.11. The van der Waals surface area contributed by atoms with E-state index >= 15 is 0 Å². The van der Waals surface area contributed by atoms with Crippen molar-refractivity contribution in [3.63, 3.8) is 0 Å². The number of benzene rings is 1. The predicted octanol–water partition coefficient (Wildman–Crippen LogP) is 2.17. The molecular weight excluding hydrogens is 231 g/mol. The molecule has 0 fully saturated rings. The first-order valence-corrected chi connectivity index (χ1v) is 6.23. The van der Waals surface area contributed by atoms with Gasteiger partial charge in [-0.05, 0) is 38.6 Å². The van der Waals surface area contributed by atoms with E-state index in [1.807, 2.05) is 27.0 Å². The highest BCUT2D eigenvalue weighted by Gasteiger charge is 2.16. The number of nitrogens with zero attached hydrogens (tertiary/aromatic N) is 1. The van der Waals surface area contributed by atoms with Gasteiger partial charge in [-0.2, -0.15) is 0 Å². The van der Waals surface area contributed by atoms with Crippen molar-refractivity contribution < 1.29 is 9.18 Å². The van der Waals surface area contributed by atoms with E-state index in [1.54, 1.807) is 11.0 Å². The zero-order chi connectivity index (χ0) is 13.5. The normalized spacial score (nSPS) is 10.7. The second kappa shape index (κ2) is 7.11. The maximum absolute atomic E-state index is 13.1. The molecule has 0 aliphatic heterocycles. The Balaban J connectivity index is 2.71. The fraction of sp³-hybridized carbons (Fsp3) is 0.500. The van der Waals surface area contributed by atoms with Crippen molar-refractivity contribution in [3.05, 3.63) is 35.6 Å². The molecule has 0 bridgehead atoms. The summed E-state index contributed by atoms with van der Waals surface area (Å²) in [6.45, 7) is 5.05. The molecule has 1 amide bonds. The number of hydrogen-bond acceptors (Lipinski definition) is 2. The Morgan fingerprint density at radius 1 is 1.44 bits per heavy atom. The lowest BCUT2D eigenvalue weighted by atomic mass is 10.1. The number of rotatable bonds is 6. The van der Waals surface area contributed by atoms with Crippen molar-refractivity contribution in [1.82, 2.24) is 10.2 Å². The van der Waals surface area contributed by atoms with Crippen molar-refractivity contribution >= 4 is 5.91 Å². The van der Waals surface area contributed by atoms with Gasteiger partial charge in [-0.15, -0.1) is 0 Å². The van der Waals surface area contributed by atoms with Crippen LogP contribution in [0, 0.1) is 5.82 Å². The van der Waals surface area contributed by atoms with Crippen LogP contribution in [-0.4, -0.2) is 30.4 Å². The van der Waals surface area contributed by atoms with E-state index in [0.29, 0.717) is 19.5 Å². The third-order valence-electron chi connectivity index (χ3n) is 2.77. The van der Waals surface area contributed by atoms with Gasteiger partial charge >= 0.3 is 0 Å². The van der Waals surface area contributed by atoms with Crippen molar-refractivity contribution in [3.8, 4) is 0 Å². The summed E-state index contributed by atoms with van der Waals surface area (Å²) in [6.07, 6.45) is 0.462. The number of amides is 1. The van der Waals surface area contributed by atoms with Crippen molar-refractivity contribution in [2.45, 2.75) is 32.9 Å². The van der Waals surface area contributed by atoms with E-state index in [-0.39, 0.29) is 17.8 Å². The molecule has 0 heterocycles. The van der Waals surface area contributed by atoms with Crippen LogP contribution in [0.5, 0.6) is 0 Å². The van der Waals surface area contributed by atoms with Gasteiger partial charge in [0.15, 0.2) is 0 Å². The first-order chi connectivity index (χ1) is 8.54. The molecule has 0 aromatic heterocycles. The number of nitrogens with one attached hydrogen (secondary N) is 1. The first kappa shape index (κ1) is 14.6. The lowest BCUT2D eigenvalue weighted by Gasteiger charge is -2.27. The van der Waals surface area contributed by atoms with Gasteiger partial charge < -0.3 is 10.2 Å². The smallest absolute Gasteiger partial charge is 0.224 e. The molecule has 0 unspecified atom stereocenters. The quantitative estimate of drug-likeness (QED) is 0.841. The fourth-order valence-electron chi connectivity index (χ4n) is 1.77. The van der Waals surface area contributed by atoms with E-state index in [1.165, 1.54) is 12.1 Å². The molecule has 1 N–H and O–H groups in total. The SMILES string of the molecule is CNCCC(=O)N(Cc1cccc(F)c1)C(C)C. The molecule has 0 atom stereocenters. The van der Waals surface area contributed by atoms with Crippen LogP contribution in [-0.2, 0) is 11.3 Å². The summed E-state index contributed by atoms with van der Waals surface area (Å²) < 4.78 is 13.1. The third-order valence-corrected chi connectivity index (χ3v) is 2.77. The Morgan fingerprint density at radius 2 is 2.17 bits per heavy atom. The summed E-state index contributed by atoms with van der Waals surface area (Å²) in [5, 5.41) is 2.96. The van der Waals surface area contributed by atoms with E-state index in [4.69, 9.17) is 0 Å². The zero-order valence-corrected chi connectivity index (χ0v) is 11.2. The van der Waals surface area contributed by atoms with Crippen LogP contribution in [0.1, 0.15) is 25.8 Å². The highest BCUT2D eigenvalue weighted by atomic mass is 19.1. The number of carbonyl (C=O) groups excluding carboxylic acids is 1. The third kappa shape index (κ3) is 4.45. The van der Waals surface area contributed by atoms with Gasteiger partial charge in [-0.1, -0.05) is 12.1 Å². The molecule has 18 heavy (non-hydrogen) atoms. The van der Waals surface area contributed by atoms with E-state index < -0.39 is 0 Å². The summed E-state index contributed by atoms with van der Waals surface area (Å²) in [7, 11) is 1.82. The molecule has 1 aromatic rings. The number of halogens is 1. The summed E-state index contributed by atoms with van der Waals surface area (Å²) in [6, 6.07) is 6.50. The standard InChI is InChI=1S/C14H21FN2O/c1-11(2)17(14(18)7-8-16-3)10-12-5-4-6-13(15)9-12/h4-6,9,11,16H,7-8,10H2,1-3H3. The van der Waals surface area contributed by atoms with Gasteiger partial charge in [0.1, 0.15) is 5.82 Å². The summed E-state index contributed by atoms with van der Waals surface area (Å²) >= 11 is 0. The van der Waals surface area contributed by atoms with Gasteiger partial charge in [-0.3, -0.25) is 4.79 Å². The van der Waals surface area contributed by atoms with Crippen LogP contribution in [0.2, 0.25) is 0 Å². The van der Waals surface area contributed by atoms with E-state index in [2.05, 4.69) is 5.32 Å². The Hall–Kier alpha value is -1.42. The average molecular weight is 252 g/mol. The lowest BCUT2D eigenvalue weighted by Crippen LogP contribution is -2.37. The van der Waals surface area contributed by atoms with Gasteiger partial charge in [0.25, 0.3) is 0 Å². The molecule has 0 spiro atoms. The maximum atomic E-state index is 13.1. The topological polar surface area (TPSA) is 32.3 Å². The Labute approximate surface area is 108 Å². The van der Waals surface area contributed by atoms with Gasteiger partial charge in [0.2, 0.25) is 5.91 Å². The largest absolute Gasteiger partial charge is 0.336 e. The second-order valence-corrected chi connectivity index (χ2v) is 4.60. The van der Waals surface area contributed by atoms with E-state index in [0.717, 1.165) is 5.56 Å². The number of carbonyl (C=O) groups is 1. The highest BCUT2D eigenvalue weighted by molar-refractivity contribution is 5.76. The minimum atomic E-state index is -0.265. The average Bonchev–Trinajstić information content (AvgIpc) is 2.32. The molecular formula is C14H21FN2O. The molecule has 1 rings (SSSR count). The predicted molar refractivity (Wildman–Crippen MR) is 70.6 cm³/mol. The molecule has 1 aromatic carbocycles. The summed E-state index contributed by atoms with van der Waals surface area (Å²) in [5.74, 6) is -0.178. The molecule has 0 saturated heterocycles. The molecule has 3 nitrogen and oxygen atoms in total.